The van der Waals surface area contributed by atoms with Crippen LogP contribution in [0.5, 0.6) is 0 Å². The Hall–Kier alpha value is -2.34. The lowest BCUT2D eigenvalue weighted by Crippen LogP contribution is -2.33. The molecule has 6 heteroatoms. The number of aromatic nitrogens is 2. The standard InChI is InChI=1S/C19H21FN4O/c20-15-5-2-1-4-13(15)10-18(25)24-9-3-6-17(24)19-22-12-14-11-21-8-7-16(14)23-19/h1-2,4-5,12,17,21H,3,6-11H2/t17-/m1/s1. The van der Waals surface area contributed by atoms with Gasteiger partial charge in [-0.3, -0.25) is 4.79 Å². The average Bonchev–Trinajstić information content (AvgIpc) is 3.13. The lowest BCUT2D eigenvalue weighted by atomic mass is 10.1. The van der Waals surface area contributed by atoms with E-state index >= 15 is 0 Å². The first kappa shape index (κ1) is 16.1. The molecular formula is C19H21FN4O. The molecular weight excluding hydrogens is 319 g/mol. The summed E-state index contributed by atoms with van der Waals surface area (Å²) in [6.45, 7) is 2.40. The summed E-state index contributed by atoms with van der Waals surface area (Å²) in [6.07, 6.45) is 4.64. The van der Waals surface area contributed by atoms with Gasteiger partial charge in [-0.2, -0.15) is 0 Å². The van der Waals surface area contributed by atoms with E-state index in [1.807, 2.05) is 11.1 Å². The molecule has 0 bridgehead atoms. The number of amides is 1. The lowest BCUT2D eigenvalue weighted by Gasteiger charge is -2.25. The minimum Gasteiger partial charge on any atom is -0.332 e. The number of fused-ring (bicyclic) bond motifs is 1. The maximum absolute atomic E-state index is 13.8. The summed E-state index contributed by atoms with van der Waals surface area (Å²) in [7, 11) is 0. The van der Waals surface area contributed by atoms with Crippen LogP contribution in [-0.2, 0) is 24.2 Å². The van der Waals surface area contributed by atoms with E-state index in [-0.39, 0.29) is 24.2 Å². The zero-order chi connectivity index (χ0) is 17.2. The number of nitrogens with zero attached hydrogens (tertiary/aromatic N) is 3. The fourth-order valence-electron chi connectivity index (χ4n) is 3.65. The largest absolute Gasteiger partial charge is 0.332 e. The van der Waals surface area contributed by atoms with Gasteiger partial charge in [0.05, 0.1) is 12.5 Å². The van der Waals surface area contributed by atoms with Crippen LogP contribution in [0, 0.1) is 5.82 Å². The summed E-state index contributed by atoms with van der Waals surface area (Å²) in [5, 5.41) is 3.31. The summed E-state index contributed by atoms with van der Waals surface area (Å²) < 4.78 is 13.8. The van der Waals surface area contributed by atoms with E-state index in [0.717, 1.165) is 49.4 Å². The lowest BCUT2D eigenvalue weighted by molar-refractivity contribution is -0.131. The van der Waals surface area contributed by atoms with Crippen molar-refractivity contribution >= 4 is 5.91 Å². The summed E-state index contributed by atoms with van der Waals surface area (Å²) >= 11 is 0. The average molecular weight is 340 g/mol. The minimum atomic E-state index is -0.330. The smallest absolute Gasteiger partial charge is 0.227 e. The van der Waals surface area contributed by atoms with E-state index in [1.165, 1.54) is 6.07 Å². The molecule has 3 heterocycles. The number of rotatable bonds is 3. The van der Waals surface area contributed by atoms with Crippen molar-refractivity contribution in [3.63, 3.8) is 0 Å². The highest BCUT2D eigenvalue weighted by Crippen LogP contribution is 2.31. The first-order valence-corrected chi connectivity index (χ1v) is 8.80. The van der Waals surface area contributed by atoms with Crippen LogP contribution in [0.25, 0.3) is 0 Å². The zero-order valence-corrected chi connectivity index (χ0v) is 14.0. The molecule has 1 fully saturated rings. The van der Waals surface area contributed by atoms with Gasteiger partial charge >= 0.3 is 0 Å². The fraction of sp³-hybridized carbons (Fsp3) is 0.421. The van der Waals surface area contributed by atoms with E-state index < -0.39 is 0 Å². The van der Waals surface area contributed by atoms with Gasteiger partial charge in [0.25, 0.3) is 0 Å². The number of carbonyl (C=O) groups excluding carboxylic acids is 1. The van der Waals surface area contributed by atoms with Gasteiger partial charge in [-0.15, -0.1) is 0 Å². The Bertz CT molecular complexity index is 795. The van der Waals surface area contributed by atoms with Crippen LogP contribution < -0.4 is 5.32 Å². The van der Waals surface area contributed by atoms with Crippen molar-refractivity contribution in [1.82, 2.24) is 20.2 Å². The normalized spacial score (nSPS) is 19.7. The van der Waals surface area contributed by atoms with E-state index in [2.05, 4.69) is 10.3 Å². The molecule has 0 aliphatic carbocycles. The Labute approximate surface area is 146 Å². The Balaban J connectivity index is 1.54. The highest BCUT2D eigenvalue weighted by Gasteiger charge is 2.32. The third-order valence-corrected chi connectivity index (χ3v) is 5.00. The Kier molecular flexibility index (Phi) is 4.44. The molecule has 2 aromatic rings. The molecule has 4 rings (SSSR count). The van der Waals surface area contributed by atoms with E-state index in [9.17, 15) is 9.18 Å². The van der Waals surface area contributed by atoms with Crippen molar-refractivity contribution in [2.24, 2.45) is 0 Å². The molecule has 0 saturated carbocycles. The van der Waals surface area contributed by atoms with Gasteiger partial charge in [0.1, 0.15) is 5.82 Å². The first-order valence-electron chi connectivity index (χ1n) is 8.80. The molecule has 1 amide bonds. The van der Waals surface area contributed by atoms with Crippen LogP contribution in [0.4, 0.5) is 4.39 Å². The molecule has 2 aliphatic rings. The van der Waals surface area contributed by atoms with Crippen molar-refractivity contribution in [1.29, 1.82) is 0 Å². The van der Waals surface area contributed by atoms with Crippen molar-refractivity contribution in [2.75, 3.05) is 13.1 Å². The minimum absolute atomic E-state index is 0.0596. The van der Waals surface area contributed by atoms with Gasteiger partial charge in [-0.05, 0) is 24.5 Å². The first-order chi connectivity index (χ1) is 12.2. The molecule has 0 radical (unpaired) electrons. The van der Waals surface area contributed by atoms with Gasteiger partial charge < -0.3 is 10.2 Å². The SMILES string of the molecule is O=C(Cc1ccccc1F)N1CCC[C@@H]1c1ncc2c(n1)CCNC2. The van der Waals surface area contributed by atoms with Crippen LogP contribution in [0.15, 0.2) is 30.5 Å². The number of halogens is 1. The number of carbonyl (C=O) groups is 1. The van der Waals surface area contributed by atoms with Gasteiger partial charge in [0, 0.05) is 43.5 Å². The quantitative estimate of drug-likeness (QED) is 0.930. The molecule has 130 valence electrons. The summed E-state index contributed by atoms with van der Waals surface area (Å²) in [5.74, 6) is 0.333. The maximum Gasteiger partial charge on any atom is 0.227 e. The van der Waals surface area contributed by atoms with Crippen LogP contribution in [0.2, 0.25) is 0 Å². The summed E-state index contributed by atoms with van der Waals surface area (Å²) in [6, 6.07) is 6.36. The molecule has 2 aliphatic heterocycles. The van der Waals surface area contributed by atoms with Crippen LogP contribution in [0.3, 0.4) is 0 Å². The molecule has 5 nitrogen and oxygen atoms in total. The molecule has 0 spiro atoms. The van der Waals surface area contributed by atoms with Gasteiger partial charge in [-0.25, -0.2) is 14.4 Å². The molecule has 0 unspecified atom stereocenters. The molecule has 1 aromatic heterocycles. The second-order valence-corrected chi connectivity index (χ2v) is 6.64. The van der Waals surface area contributed by atoms with Gasteiger partial charge in [0.2, 0.25) is 5.91 Å². The molecule has 25 heavy (non-hydrogen) atoms. The predicted molar refractivity (Wildman–Crippen MR) is 91.2 cm³/mol. The molecule has 1 saturated heterocycles. The van der Waals surface area contributed by atoms with Crippen molar-refractivity contribution in [3.8, 4) is 0 Å². The highest BCUT2D eigenvalue weighted by molar-refractivity contribution is 5.79. The van der Waals surface area contributed by atoms with Crippen molar-refractivity contribution in [3.05, 3.63) is 58.9 Å². The second kappa shape index (κ2) is 6.88. The number of nitrogens with one attached hydrogen (secondary N) is 1. The Morgan fingerprint density at radius 3 is 3.12 bits per heavy atom. The van der Waals surface area contributed by atoms with Crippen molar-refractivity contribution in [2.45, 2.75) is 38.3 Å². The van der Waals surface area contributed by atoms with Crippen LogP contribution >= 0.6 is 0 Å². The molecule has 1 atom stereocenters. The van der Waals surface area contributed by atoms with E-state index in [1.54, 1.807) is 18.2 Å². The fourth-order valence-corrected chi connectivity index (χ4v) is 3.65. The maximum atomic E-state index is 13.8. The molecule has 1 aromatic carbocycles. The number of likely N-dealkylation sites (tertiary alicyclic amines) is 1. The summed E-state index contributed by atoms with van der Waals surface area (Å²) in [5.41, 5.74) is 2.66. The Morgan fingerprint density at radius 2 is 2.24 bits per heavy atom. The van der Waals surface area contributed by atoms with Gasteiger partial charge in [-0.1, -0.05) is 18.2 Å². The Morgan fingerprint density at radius 1 is 1.36 bits per heavy atom. The number of benzene rings is 1. The third kappa shape index (κ3) is 3.26. The van der Waals surface area contributed by atoms with Crippen LogP contribution in [-0.4, -0.2) is 33.9 Å². The van der Waals surface area contributed by atoms with Crippen molar-refractivity contribution < 1.29 is 9.18 Å². The summed E-state index contributed by atoms with van der Waals surface area (Å²) in [4.78, 5) is 23.8. The van der Waals surface area contributed by atoms with Gasteiger partial charge in [0.15, 0.2) is 5.82 Å². The number of hydrogen-bond acceptors (Lipinski definition) is 4. The van der Waals surface area contributed by atoms with Crippen LogP contribution in [0.1, 0.15) is 41.5 Å². The molecule has 1 N–H and O–H groups in total. The number of hydrogen-bond donors (Lipinski definition) is 1. The van der Waals surface area contributed by atoms with E-state index in [0.29, 0.717) is 12.1 Å². The monoisotopic (exact) mass is 340 g/mol. The topological polar surface area (TPSA) is 58.1 Å². The predicted octanol–water partition coefficient (Wildman–Crippen LogP) is 2.17. The van der Waals surface area contributed by atoms with E-state index in [4.69, 9.17) is 4.98 Å². The zero-order valence-electron chi connectivity index (χ0n) is 14.0. The highest BCUT2D eigenvalue weighted by atomic mass is 19.1. The third-order valence-electron chi connectivity index (χ3n) is 5.00. The second-order valence-electron chi connectivity index (χ2n) is 6.64.